The third kappa shape index (κ3) is 3.82. The Kier molecular flexibility index (Phi) is 5.74. The maximum Gasteiger partial charge on any atom is 0.338 e. The van der Waals surface area contributed by atoms with Gasteiger partial charge in [0.1, 0.15) is 0 Å². The average Bonchev–Trinajstić information content (AvgIpc) is 2.42. The van der Waals surface area contributed by atoms with Gasteiger partial charge in [-0.15, -0.1) is 0 Å². The van der Waals surface area contributed by atoms with E-state index in [9.17, 15) is 13.2 Å². The van der Waals surface area contributed by atoms with Crippen LogP contribution in [0.2, 0.25) is 0 Å². The van der Waals surface area contributed by atoms with Crippen LogP contribution >= 0.6 is 0 Å². The van der Waals surface area contributed by atoms with Crippen LogP contribution in [0.3, 0.4) is 0 Å². The van der Waals surface area contributed by atoms with Gasteiger partial charge in [0, 0.05) is 6.26 Å². The molecule has 0 aliphatic heterocycles. The second-order valence-electron chi connectivity index (χ2n) is 4.84. The number of rotatable bonds is 6. The summed E-state index contributed by atoms with van der Waals surface area (Å²) in [7, 11) is -2.06. The minimum Gasteiger partial charge on any atom is -0.465 e. The number of hydrogen-bond acceptors (Lipinski definition) is 4. The first kappa shape index (κ1) is 16.7. The molecule has 1 aromatic carbocycles. The molecule has 0 radical (unpaired) electrons. The molecule has 0 saturated heterocycles. The predicted octanol–water partition coefficient (Wildman–Crippen LogP) is 2.78. The third-order valence-electron chi connectivity index (χ3n) is 3.27. The average molecular weight is 298 g/mol. The van der Waals surface area contributed by atoms with Gasteiger partial charge in [-0.2, -0.15) is 0 Å². The fourth-order valence-corrected chi connectivity index (χ4v) is 3.15. The second-order valence-corrected chi connectivity index (χ2v) is 6.82. The highest BCUT2D eigenvalue weighted by Crippen LogP contribution is 2.24. The molecule has 0 aliphatic rings. The van der Waals surface area contributed by atoms with Crippen LogP contribution in [0.5, 0.6) is 0 Å². The molecule has 0 unspecified atom stereocenters. The first-order valence-electron chi connectivity index (χ1n) is 6.79. The van der Waals surface area contributed by atoms with Gasteiger partial charge in [0.2, 0.25) is 0 Å². The van der Waals surface area contributed by atoms with Gasteiger partial charge < -0.3 is 4.74 Å². The number of unbranched alkanes of at least 4 members (excludes halogenated alkanes) is 1. The van der Waals surface area contributed by atoms with Crippen molar-refractivity contribution in [1.29, 1.82) is 0 Å². The van der Waals surface area contributed by atoms with Crippen molar-refractivity contribution < 1.29 is 17.9 Å². The lowest BCUT2D eigenvalue weighted by molar-refractivity contribution is 0.0599. The molecular formula is C15H22O4S. The van der Waals surface area contributed by atoms with Gasteiger partial charge in [0.25, 0.3) is 0 Å². The van der Waals surface area contributed by atoms with Gasteiger partial charge in [-0.3, -0.25) is 0 Å². The number of benzene rings is 1. The van der Waals surface area contributed by atoms with Crippen molar-refractivity contribution in [2.45, 2.75) is 44.4 Å². The smallest absolute Gasteiger partial charge is 0.338 e. The summed E-state index contributed by atoms with van der Waals surface area (Å²) >= 11 is 0. The molecule has 1 aromatic rings. The Morgan fingerprint density at radius 3 is 2.30 bits per heavy atom. The molecule has 0 aliphatic carbocycles. The highest BCUT2D eigenvalue weighted by Gasteiger charge is 2.20. The fourth-order valence-electron chi connectivity index (χ4n) is 2.18. The number of sulfone groups is 1. The van der Waals surface area contributed by atoms with Crippen LogP contribution in [0.1, 0.15) is 48.2 Å². The van der Waals surface area contributed by atoms with Crippen molar-refractivity contribution in [3.63, 3.8) is 0 Å². The van der Waals surface area contributed by atoms with E-state index < -0.39 is 15.8 Å². The van der Waals surface area contributed by atoms with E-state index in [1.807, 2.05) is 13.0 Å². The normalized spacial score (nSPS) is 11.4. The quantitative estimate of drug-likeness (QED) is 0.758. The minimum atomic E-state index is -3.36. The lowest BCUT2D eigenvalue weighted by Gasteiger charge is -2.13. The lowest BCUT2D eigenvalue weighted by atomic mass is 9.99. The maximum atomic E-state index is 11.9. The Bertz CT molecular complexity index is 588. The molecule has 20 heavy (non-hydrogen) atoms. The van der Waals surface area contributed by atoms with Gasteiger partial charge >= 0.3 is 5.97 Å². The standard InChI is InChI=1S/C15H22O4S/c1-5-7-8-12-9-11(6-2)13(15(16)19-3)10-14(12)20(4,17)18/h9-10H,5-8H2,1-4H3. The maximum absolute atomic E-state index is 11.9. The Morgan fingerprint density at radius 1 is 1.20 bits per heavy atom. The summed E-state index contributed by atoms with van der Waals surface area (Å²) in [5.41, 5.74) is 1.96. The molecular weight excluding hydrogens is 276 g/mol. The summed E-state index contributed by atoms with van der Waals surface area (Å²) in [6.45, 7) is 4.00. The lowest BCUT2D eigenvalue weighted by Crippen LogP contribution is -2.11. The number of hydrogen-bond donors (Lipinski definition) is 0. The van der Waals surface area contributed by atoms with Gasteiger partial charge in [-0.1, -0.05) is 26.3 Å². The molecule has 0 fully saturated rings. The summed E-state index contributed by atoms with van der Waals surface area (Å²) in [6.07, 6.45) is 4.44. The van der Waals surface area contributed by atoms with E-state index in [1.165, 1.54) is 19.4 Å². The van der Waals surface area contributed by atoms with Gasteiger partial charge in [0.05, 0.1) is 17.6 Å². The molecule has 0 aromatic heterocycles. The van der Waals surface area contributed by atoms with E-state index in [1.54, 1.807) is 0 Å². The van der Waals surface area contributed by atoms with E-state index in [0.717, 1.165) is 24.0 Å². The summed E-state index contributed by atoms with van der Waals surface area (Å²) in [5, 5.41) is 0. The van der Waals surface area contributed by atoms with Gasteiger partial charge in [-0.25, -0.2) is 13.2 Å². The van der Waals surface area contributed by atoms with Crippen LogP contribution in [-0.2, 0) is 27.4 Å². The second kappa shape index (κ2) is 6.88. The molecule has 0 spiro atoms. The van der Waals surface area contributed by atoms with Crippen LogP contribution < -0.4 is 0 Å². The van der Waals surface area contributed by atoms with Crippen LogP contribution in [0.25, 0.3) is 0 Å². The molecule has 0 bridgehead atoms. The van der Waals surface area contributed by atoms with Crippen LogP contribution in [0, 0.1) is 0 Å². The molecule has 0 N–H and O–H groups in total. The number of ether oxygens (including phenoxy) is 1. The molecule has 1 rings (SSSR count). The van der Waals surface area contributed by atoms with Crippen molar-refractivity contribution in [3.8, 4) is 0 Å². The van der Waals surface area contributed by atoms with E-state index >= 15 is 0 Å². The van der Waals surface area contributed by atoms with Gasteiger partial charge in [-0.05, 0) is 36.5 Å². The van der Waals surface area contributed by atoms with Crippen molar-refractivity contribution in [1.82, 2.24) is 0 Å². The monoisotopic (exact) mass is 298 g/mol. The van der Waals surface area contributed by atoms with Crippen molar-refractivity contribution in [2.24, 2.45) is 0 Å². The number of esters is 1. The Balaban J connectivity index is 3.48. The summed E-state index contributed by atoms with van der Waals surface area (Å²) in [5.74, 6) is -0.492. The van der Waals surface area contributed by atoms with Crippen molar-refractivity contribution >= 4 is 15.8 Å². The molecule has 4 nitrogen and oxygen atoms in total. The van der Waals surface area contributed by atoms with Crippen LogP contribution in [-0.4, -0.2) is 27.8 Å². The Labute approximate surface area is 121 Å². The summed E-state index contributed by atoms with van der Waals surface area (Å²) in [4.78, 5) is 12.0. The first-order valence-corrected chi connectivity index (χ1v) is 8.68. The highest BCUT2D eigenvalue weighted by molar-refractivity contribution is 7.90. The fraction of sp³-hybridized carbons (Fsp3) is 0.533. The topological polar surface area (TPSA) is 60.4 Å². The number of methoxy groups -OCH3 is 1. The number of carbonyl (C=O) groups excluding carboxylic acids is 1. The van der Waals surface area contributed by atoms with E-state index in [4.69, 9.17) is 4.74 Å². The molecule has 112 valence electrons. The molecule has 0 atom stereocenters. The zero-order valence-electron chi connectivity index (χ0n) is 12.5. The first-order chi connectivity index (χ1) is 9.35. The molecule has 0 heterocycles. The zero-order valence-corrected chi connectivity index (χ0v) is 13.3. The number of aryl methyl sites for hydroxylation is 2. The van der Waals surface area contributed by atoms with Crippen molar-refractivity contribution in [2.75, 3.05) is 13.4 Å². The van der Waals surface area contributed by atoms with Gasteiger partial charge in [0.15, 0.2) is 9.84 Å². The predicted molar refractivity (Wildman–Crippen MR) is 78.9 cm³/mol. The molecule has 5 heteroatoms. The largest absolute Gasteiger partial charge is 0.465 e. The number of carbonyl (C=O) groups is 1. The van der Waals surface area contributed by atoms with Crippen LogP contribution in [0.4, 0.5) is 0 Å². The van der Waals surface area contributed by atoms with Crippen LogP contribution in [0.15, 0.2) is 17.0 Å². The molecule has 0 amide bonds. The van der Waals surface area contributed by atoms with E-state index in [0.29, 0.717) is 18.4 Å². The minimum absolute atomic E-state index is 0.239. The zero-order chi connectivity index (χ0) is 15.3. The van der Waals surface area contributed by atoms with E-state index in [2.05, 4.69) is 6.92 Å². The third-order valence-corrected chi connectivity index (χ3v) is 4.45. The summed E-state index contributed by atoms with van der Waals surface area (Å²) < 4.78 is 28.6. The Morgan fingerprint density at radius 2 is 1.85 bits per heavy atom. The Hall–Kier alpha value is -1.36. The highest BCUT2D eigenvalue weighted by atomic mass is 32.2. The van der Waals surface area contributed by atoms with E-state index in [-0.39, 0.29) is 4.90 Å². The SMILES string of the molecule is CCCCc1cc(CC)c(C(=O)OC)cc1S(C)(=O)=O. The summed E-state index contributed by atoms with van der Waals surface area (Å²) in [6, 6.07) is 3.29. The molecule has 0 saturated carbocycles. The van der Waals surface area contributed by atoms with Crippen molar-refractivity contribution in [3.05, 3.63) is 28.8 Å².